The Morgan fingerprint density at radius 1 is 1.28 bits per heavy atom. The van der Waals surface area contributed by atoms with Crippen molar-refractivity contribution in [3.63, 3.8) is 0 Å². The van der Waals surface area contributed by atoms with E-state index in [1.54, 1.807) is 20.8 Å². The highest BCUT2D eigenvalue weighted by Gasteiger charge is 2.20. The lowest BCUT2D eigenvalue weighted by Crippen LogP contribution is -2.41. The molecule has 0 saturated carbocycles. The zero-order chi connectivity index (χ0) is 22.1. The van der Waals surface area contributed by atoms with Crippen LogP contribution in [0.1, 0.15) is 31.1 Å². The number of benzene rings is 1. The van der Waals surface area contributed by atoms with Crippen LogP contribution in [0.15, 0.2) is 41.8 Å². The largest absolute Gasteiger partial charge is 0.444 e. The molecule has 3 N–H and O–H groups in total. The number of carbonyl (C=O) groups excluding carboxylic acids is 2. The average molecular weight is 428 g/mol. The summed E-state index contributed by atoms with van der Waals surface area (Å²) >= 11 is 0. The highest BCUT2D eigenvalue weighted by molar-refractivity contribution is 7.89. The van der Waals surface area contributed by atoms with Crippen LogP contribution in [-0.2, 0) is 14.8 Å². The van der Waals surface area contributed by atoms with Gasteiger partial charge in [-0.2, -0.15) is 0 Å². The molecule has 0 fully saturated rings. The Bertz CT molecular complexity index is 817. The molecule has 0 radical (unpaired) electrons. The number of rotatable bonds is 10. The topological polar surface area (TPSA) is 125 Å². The molecular weight excluding hydrogens is 398 g/mol. The zero-order valence-electron chi connectivity index (χ0n) is 17.0. The first kappa shape index (κ1) is 24.6. The number of carbonyl (C=O) groups is 2. The monoisotopic (exact) mass is 427 g/mol. The summed E-state index contributed by atoms with van der Waals surface area (Å²) in [6, 6.07) is 5.59. The molecule has 0 atom stereocenters. The summed E-state index contributed by atoms with van der Waals surface area (Å²) in [4.78, 5) is 25.7. The third kappa shape index (κ3) is 8.63. The van der Waals surface area contributed by atoms with Gasteiger partial charge in [0.25, 0.3) is 5.91 Å². The van der Waals surface area contributed by atoms with E-state index in [2.05, 4.69) is 16.6 Å². The number of hydrogen-bond donors (Lipinski definition) is 3. The Labute approximate surface area is 171 Å². The van der Waals surface area contributed by atoms with E-state index in [4.69, 9.17) is 4.74 Å². The number of ether oxygens (including phenoxy) is 1. The number of hydrogen-bond acceptors (Lipinski definition) is 6. The van der Waals surface area contributed by atoms with Gasteiger partial charge in [0.15, 0.2) is 0 Å². The Balaban J connectivity index is 2.85. The average Bonchev–Trinajstić information content (AvgIpc) is 2.64. The van der Waals surface area contributed by atoms with E-state index in [0.29, 0.717) is 0 Å². The molecule has 2 amide bonds. The predicted octanol–water partition coefficient (Wildman–Crippen LogP) is 1.11. The van der Waals surface area contributed by atoms with Gasteiger partial charge < -0.3 is 20.1 Å². The number of sulfonamides is 1. The molecule has 1 aromatic carbocycles. The van der Waals surface area contributed by atoms with Crippen LogP contribution < -0.4 is 10.0 Å². The highest BCUT2D eigenvalue weighted by atomic mass is 32.2. The maximum absolute atomic E-state index is 12.8. The Kier molecular flexibility index (Phi) is 9.28. The summed E-state index contributed by atoms with van der Waals surface area (Å²) < 4.78 is 31.9. The van der Waals surface area contributed by atoms with Gasteiger partial charge in [0.05, 0.1) is 11.5 Å². The highest BCUT2D eigenvalue weighted by Crippen LogP contribution is 2.13. The Morgan fingerprint density at radius 3 is 2.55 bits per heavy atom. The first-order valence-electron chi connectivity index (χ1n) is 9.08. The van der Waals surface area contributed by atoms with Crippen molar-refractivity contribution in [1.82, 2.24) is 14.9 Å². The molecule has 0 aliphatic carbocycles. The summed E-state index contributed by atoms with van der Waals surface area (Å²) in [6.07, 6.45) is 0.794. The number of nitrogens with zero attached hydrogens (tertiary/aromatic N) is 1. The van der Waals surface area contributed by atoms with Gasteiger partial charge in [-0.1, -0.05) is 12.1 Å². The van der Waals surface area contributed by atoms with Crippen molar-refractivity contribution in [2.75, 3.05) is 32.8 Å². The second-order valence-electron chi connectivity index (χ2n) is 7.11. The van der Waals surface area contributed by atoms with E-state index in [-0.39, 0.29) is 43.2 Å². The number of nitrogens with one attached hydrogen (secondary N) is 2. The third-order valence-electron chi connectivity index (χ3n) is 3.52. The molecular formula is C19H29N3O6S. The zero-order valence-corrected chi connectivity index (χ0v) is 17.8. The summed E-state index contributed by atoms with van der Waals surface area (Å²) in [5.74, 6) is -0.467. The van der Waals surface area contributed by atoms with Crippen LogP contribution in [0.3, 0.4) is 0 Å². The van der Waals surface area contributed by atoms with Gasteiger partial charge in [0, 0.05) is 31.7 Å². The fourth-order valence-corrected chi connectivity index (χ4v) is 3.32. The van der Waals surface area contributed by atoms with Crippen LogP contribution in [0.2, 0.25) is 0 Å². The minimum atomic E-state index is -3.78. The van der Waals surface area contributed by atoms with Crippen molar-refractivity contribution in [1.29, 1.82) is 0 Å². The fraction of sp³-hybridized carbons (Fsp3) is 0.474. The van der Waals surface area contributed by atoms with Crippen molar-refractivity contribution < 1.29 is 27.9 Å². The second kappa shape index (κ2) is 10.9. The molecule has 9 nitrogen and oxygen atoms in total. The smallest absolute Gasteiger partial charge is 0.407 e. The lowest BCUT2D eigenvalue weighted by molar-refractivity contribution is 0.0511. The van der Waals surface area contributed by atoms with E-state index in [1.165, 1.54) is 35.2 Å². The second-order valence-corrected chi connectivity index (χ2v) is 8.88. The van der Waals surface area contributed by atoms with E-state index in [9.17, 15) is 23.1 Å². The summed E-state index contributed by atoms with van der Waals surface area (Å²) in [5.41, 5.74) is -0.492. The van der Waals surface area contributed by atoms with Gasteiger partial charge in [-0.25, -0.2) is 17.9 Å². The van der Waals surface area contributed by atoms with Gasteiger partial charge in [0.2, 0.25) is 10.0 Å². The molecule has 0 aliphatic heterocycles. The fourth-order valence-electron chi connectivity index (χ4n) is 2.27. The van der Waals surface area contributed by atoms with Gasteiger partial charge in [-0.15, -0.1) is 6.58 Å². The molecule has 1 rings (SSSR count). The molecule has 0 bridgehead atoms. The predicted molar refractivity (Wildman–Crippen MR) is 109 cm³/mol. The van der Waals surface area contributed by atoms with Gasteiger partial charge in [0.1, 0.15) is 5.60 Å². The van der Waals surface area contributed by atoms with Gasteiger partial charge in [-0.05, 0) is 39.0 Å². The summed E-state index contributed by atoms with van der Waals surface area (Å²) in [6.45, 7) is 8.70. The molecule has 0 spiro atoms. The maximum Gasteiger partial charge on any atom is 0.407 e. The van der Waals surface area contributed by atoms with Gasteiger partial charge in [-0.3, -0.25) is 4.79 Å². The molecule has 29 heavy (non-hydrogen) atoms. The van der Waals surface area contributed by atoms with E-state index in [0.717, 1.165) is 0 Å². The SMILES string of the molecule is C=CCNS(=O)(=O)c1cccc(C(=O)N(CCO)CCNC(=O)OC(C)(C)C)c1. The normalized spacial score (nSPS) is 11.6. The van der Waals surface area contributed by atoms with Crippen molar-refractivity contribution >= 4 is 22.0 Å². The number of aliphatic hydroxyl groups excluding tert-OH is 1. The number of alkyl carbamates (subject to hydrolysis) is 1. The van der Waals surface area contributed by atoms with E-state index < -0.39 is 27.6 Å². The number of amides is 2. The first-order chi connectivity index (χ1) is 13.5. The van der Waals surface area contributed by atoms with E-state index in [1.807, 2.05) is 0 Å². The first-order valence-corrected chi connectivity index (χ1v) is 10.6. The quantitative estimate of drug-likeness (QED) is 0.481. The van der Waals surface area contributed by atoms with Crippen LogP contribution in [0.4, 0.5) is 4.79 Å². The standard InChI is InChI=1S/C19H29N3O6S/c1-5-9-21-29(26,27)16-8-6-7-15(14-16)17(24)22(12-13-23)11-10-20-18(25)28-19(2,3)4/h5-8,14,21,23H,1,9-13H2,2-4H3,(H,20,25). The van der Waals surface area contributed by atoms with E-state index >= 15 is 0 Å². The van der Waals surface area contributed by atoms with Crippen molar-refractivity contribution in [2.45, 2.75) is 31.3 Å². The molecule has 0 unspecified atom stereocenters. The van der Waals surface area contributed by atoms with Crippen molar-refractivity contribution in [3.8, 4) is 0 Å². The molecule has 0 aromatic heterocycles. The summed E-state index contributed by atoms with van der Waals surface area (Å²) in [7, 11) is -3.78. The third-order valence-corrected chi connectivity index (χ3v) is 4.94. The molecule has 0 saturated heterocycles. The van der Waals surface area contributed by atoms with Crippen LogP contribution in [-0.4, -0.2) is 68.8 Å². The number of aliphatic hydroxyl groups is 1. The lowest BCUT2D eigenvalue weighted by atomic mass is 10.2. The summed E-state index contributed by atoms with van der Waals surface area (Å²) in [5, 5.41) is 11.8. The van der Waals surface area contributed by atoms with Crippen LogP contribution in [0.5, 0.6) is 0 Å². The Hall–Kier alpha value is -2.43. The van der Waals surface area contributed by atoms with Crippen LogP contribution in [0.25, 0.3) is 0 Å². The lowest BCUT2D eigenvalue weighted by Gasteiger charge is -2.23. The van der Waals surface area contributed by atoms with Gasteiger partial charge >= 0.3 is 6.09 Å². The molecule has 0 heterocycles. The van der Waals surface area contributed by atoms with Crippen molar-refractivity contribution in [2.24, 2.45) is 0 Å². The maximum atomic E-state index is 12.8. The molecule has 1 aromatic rings. The molecule has 10 heteroatoms. The van der Waals surface area contributed by atoms with Crippen LogP contribution >= 0.6 is 0 Å². The van der Waals surface area contributed by atoms with Crippen molar-refractivity contribution in [3.05, 3.63) is 42.5 Å². The minimum Gasteiger partial charge on any atom is -0.444 e. The molecule has 162 valence electrons. The molecule has 0 aliphatic rings. The minimum absolute atomic E-state index is 0.0283. The Morgan fingerprint density at radius 2 is 1.97 bits per heavy atom. The van der Waals surface area contributed by atoms with Crippen LogP contribution in [0, 0.1) is 0 Å².